The van der Waals surface area contributed by atoms with Gasteiger partial charge in [0.1, 0.15) is 0 Å². The van der Waals surface area contributed by atoms with E-state index in [1.807, 2.05) is 13.0 Å². The van der Waals surface area contributed by atoms with Crippen LogP contribution in [0.2, 0.25) is 4.34 Å². The van der Waals surface area contributed by atoms with Crippen LogP contribution in [0, 0.1) is 5.92 Å². The molecule has 4 heteroatoms. The molecule has 1 aliphatic carbocycles. The van der Waals surface area contributed by atoms with Gasteiger partial charge in [0.25, 0.3) is 0 Å². The molecule has 94 valence electrons. The Morgan fingerprint density at radius 3 is 2.82 bits per heavy atom. The summed E-state index contributed by atoms with van der Waals surface area (Å²) in [5.74, 6) is 2.19. The normalized spacial score (nSPS) is 18.5. The zero-order valence-electron chi connectivity index (χ0n) is 9.95. The molecule has 1 atom stereocenters. The van der Waals surface area contributed by atoms with Crippen molar-refractivity contribution in [1.82, 2.24) is 0 Å². The Kier molecular flexibility index (Phi) is 4.95. The lowest BCUT2D eigenvalue weighted by molar-refractivity contribution is 0.0998. The Bertz CT molecular complexity index is 383. The Balaban J connectivity index is 1.82. The molecule has 1 aromatic heterocycles. The van der Waals surface area contributed by atoms with Crippen LogP contribution in [0.15, 0.2) is 12.1 Å². The van der Waals surface area contributed by atoms with E-state index in [-0.39, 0.29) is 11.0 Å². The number of thioether (sulfide) groups is 1. The average Bonchev–Trinajstić information content (AvgIpc) is 2.95. The molecular weight excluding hydrogens is 272 g/mol. The Morgan fingerprint density at radius 1 is 1.53 bits per heavy atom. The summed E-state index contributed by atoms with van der Waals surface area (Å²) in [5.41, 5.74) is 0. The molecule has 0 aromatic carbocycles. The number of ketones is 1. The highest BCUT2D eigenvalue weighted by Crippen LogP contribution is 2.31. The van der Waals surface area contributed by atoms with Crippen molar-refractivity contribution in [2.24, 2.45) is 5.92 Å². The molecule has 1 aliphatic rings. The molecule has 1 saturated carbocycles. The van der Waals surface area contributed by atoms with Crippen LogP contribution in [0.5, 0.6) is 0 Å². The van der Waals surface area contributed by atoms with Crippen LogP contribution < -0.4 is 0 Å². The van der Waals surface area contributed by atoms with Crippen molar-refractivity contribution in [3.05, 3.63) is 21.3 Å². The van der Waals surface area contributed by atoms with Crippen molar-refractivity contribution in [1.29, 1.82) is 0 Å². The van der Waals surface area contributed by atoms with Gasteiger partial charge in [-0.25, -0.2) is 0 Å². The summed E-state index contributed by atoms with van der Waals surface area (Å²) in [6.07, 6.45) is 5.43. The first-order valence-corrected chi connectivity index (χ1v) is 8.32. The molecule has 1 unspecified atom stereocenters. The molecule has 0 amide bonds. The van der Waals surface area contributed by atoms with E-state index in [1.165, 1.54) is 37.0 Å². The van der Waals surface area contributed by atoms with E-state index in [0.29, 0.717) is 4.34 Å². The number of halogens is 1. The minimum absolute atomic E-state index is 0.0605. The van der Waals surface area contributed by atoms with E-state index >= 15 is 0 Å². The summed E-state index contributed by atoms with van der Waals surface area (Å²) in [7, 11) is 0. The predicted molar refractivity (Wildman–Crippen MR) is 77.5 cm³/mol. The smallest absolute Gasteiger partial charge is 0.185 e. The fraction of sp³-hybridized carbons (Fsp3) is 0.615. The van der Waals surface area contributed by atoms with Gasteiger partial charge in [-0.05, 0) is 43.6 Å². The van der Waals surface area contributed by atoms with Gasteiger partial charge in [-0.1, -0.05) is 24.4 Å². The van der Waals surface area contributed by atoms with Crippen molar-refractivity contribution in [2.45, 2.75) is 37.9 Å². The van der Waals surface area contributed by atoms with Crippen LogP contribution in [0.4, 0.5) is 0 Å². The van der Waals surface area contributed by atoms with Crippen LogP contribution in [0.3, 0.4) is 0 Å². The molecule has 1 nitrogen and oxygen atoms in total. The van der Waals surface area contributed by atoms with Gasteiger partial charge in [0, 0.05) is 0 Å². The second kappa shape index (κ2) is 6.26. The first kappa shape index (κ1) is 13.4. The maximum Gasteiger partial charge on any atom is 0.185 e. The number of carbonyl (C=O) groups is 1. The summed E-state index contributed by atoms with van der Waals surface area (Å²) in [6, 6.07) is 3.63. The number of Topliss-reactive ketones (excluding diaryl/α,β-unsaturated/α-hetero) is 1. The van der Waals surface area contributed by atoms with Crippen LogP contribution in [-0.4, -0.2) is 16.8 Å². The van der Waals surface area contributed by atoms with E-state index in [1.54, 1.807) is 17.8 Å². The van der Waals surface area contributed by atoms with Crippen molar-refractivity contribution in [3.8, 4) is 0 Å². The second-order valence-corrected chi connectivity index (χ2v) is 7.68. The third-order valence-corrected chi connectivity index (χ3v) is 5.87. The second-order valence-electron chi connectivity index (χ2n) is 4.59. The summed E-state index contributed by atoms with van der Waals surface area (Å²) < 4.78 is 0.696. The minimum atomic E-state index is 0.0605. The molecule has 0 aliphatic heterocycles. The molecule has 0 radical (unpaired) electrons. The standard InChI is InChI=1S/C13H17ClOS2/c1-9(16-8-10-4-2-3-5-10)13(15)11-6-7-12(14)17-11/h6-7,9-10H,2-5,8H2,1H3. The SMILES string of the molecule is CC(SCC1CCCC1)C(=O)c1ccc(Cl)s1. The monoisotopic (exact) mass is 288 g/mol. The predicted octanol–water partition coefficient (Wildman–Crippen LogP) is 4.90. The summed E-state index contributed by atoms with van der Waals surface area (Å²) in [4.78, 5) is 12.9. The lowest BCUT2D eigenvalue weighted by atomic mass is 10.1. The molecule has 2 rings (SSSR count). The summed E-state index contributed by atoms with van der Waals surface area (Å²) in [6.45, 7) is 2.01. The Labute approximate surface area is 116 Å². The molecular formula is C13H17ClOS2. The van der Waals surface area contributed by atoms with Gasteiger partial charge in [0.15, 0.2) is 5.78 Å². The topological polar surface area (TPSA) is 17.1 Å². The van der Waals surface area contributed by atoms with E-state index in [0.717, 1.165) is 16.5 Å². The molecule has 1 aromatic rings. The highest BCUT2D eigenvalue weighted by atomic mass is 35.5. The third-order valence-electron chi connectivity index (χ3n) is 3.24. The van der Waals surface area contributed by atoms with Crippen LogP contribution in [0.1, 0.15) is 42.3 Å². The molecule has 0 saturated heterocycles. The zero-order chi connectivity index (χ0) is 12.3. The number of hydrogen-bond donors (Lipinski definition) is 0. The van der Waals surface area contributed by atoms with Crippen molar-refractivity contribution in [3.63, 3.8) is 0 Å². The van der Waals surface area contributed by atoms with Gasteiger partial charge in [-0.2, -0.15) is 11.8 Å². The Morgan fingerprint density at radius 2 is 2.24 bits per heavy atom. The molecule has 0 spiro atoms. The van der Waals surface area contributed by atoms with Gasteiger partial charge in [0.05, 0.1) is 14.5 Å². The average molecular weight is 289 g/mol. The van der Waals surface area contributed by atoms with Crippen LogP contribution in [-0.2, 0) is 0 Å². The summed E-state index contributed by atoms with van der Waals surface area (Å²) in [5, 5.41) is 0.0605. The number of carbonyl (C=O) groups excluding carboxylic acids is 1. The minimum Gasteiger partial charge on any atom is -0.292 e. The van der Waals surface area contributed by atoms with Gasteiger partial charge in [-0.15, -0.1) is 11.3 Å². The van der Waals surface area contributed by atoms with Gasteiger partial charge in [-0.3, -0.25) is 4.79 Å². The molecule has 17 heavy (non-hydrogen) atoms. The Hall–Kier alpha value is 0.01000. The fourth-order valence-corrected chi connectivity index (χ4v) is 4.50. The maximum atomic E-state index is 12.1. The highest BCUT2D eigenvalue weighted by molar-refractivity contribution is 8.00. The molecule has 0 N–H and O–H groups in total. The van der Waals surface area contributed by atoms with E-state index in [9.17, 15) is 4.79 Å². The zero-order valence-corrected chi connectivity index (χ0v) is 12.3. The van der Waals surface area contributed by atoms with E-state index in [4.69, 9.17) is 11.6 Å². The summed E-state index contributed by atoms with van der Waals surface area (Å²) >= 11 is 9.03. The van der Waals surface area contributed by atoms with Crippen LogP contribution >= 0.6 is 34.7 Å². The maximum absolute atomic E-state index is 12.1. The quantitative estimate of drug-likeness (QED) is 0.717. The van der Waals surface area contributed by atoms with Gasteiger partial charge >= 0.3 is 0 Å². The third kappa shape index (κ3) is 3.73. The van der Waals surface area contributed by atoms with E-state index < -0.39 is 0 Å². The van der Waals surface area contributed by atoms with Crippen molar-refractivity contribution in [2.75, 3.05) is 5.75 Å². The van der Waals surface area contributed by atoms with Crippen molar-refractivity contribution >= 4 is 40.5 Å². The first-order chi connectivity index (χ1) is 8.16. The van der Waals surface area contributed by atoms with Gasteiger partial charge < -0.3 is 0 Å². The first-order valence-electron chi connectivity index (χ1n) is 6.08. The fourth-order valence-electron chi connectivity index (χ4n) is 2.18. The van der Waals surface area contributed by atoms with Crippen molar-refractivity contribution < 1.29 is 4.79 Å². The largest absolute Gasteiger partial charge is 0.292 e. The van der Waals surface area contributed by atoms with Crippen LogP contribution in [0.25, 0.3) is 0 Å². The lowest BCUT2D eigenvalue weighted by Crippen LogP contribution is -2.14. The van der Waals surface area contributed by atoms with Gasteiger partial charge in [0.2, 0.25) is 0 Å². The lowest BCUT2D eigenvalue weighted by Gasteiger charge is -2.12. The van der Waals surface area contributed by atoms with E-state index in [2.05, 4.69) is 0 Å². The highest BCUT2D eigenvalue weighted by Gasteiger charge is 2.21. The molecule has 1 heterocycles. The molecule has 0 bridgehead atoms. The number of thiophene rings is 1. The number of rotatable bonds is 5. The molecule has 1 fully saturated rings. The number of hydrogen-bond acceptors (Lipinski definition) is 3.